The lowest BCUT2D eigenvalue weighted by atomic mass is 10.1. The first-order valence-electron chi connectivity index (χ1n) is 8.52. The first-order chi connectivity index (χ1) is 11.8. The van der Waals surface area contributed by atoms with E-state index in [1.54, 1.807) is 11.8 Å². The number of thioether (sulfide) groups is 1. The summed E-state index contributed by atoms with van der Waals surface area (Å²) in [7, 11) is 0. The quantitative estimate of drug-likeness (QED) is 0.782. The van der Waals surface area contributed by atoms with Gasteiger partial charge in [-0.25, -0.2) is 0 Å². The number of aromatic amines is 1. The van der Waals surface area contributed by atoms with Gasteiger partial charge >= 0.3 is 0 Å². The third kappa shape index (κ3) is 2.28. The molecule has 24 heavy (non-hydrogen) atoms. The van der Waals surface area contributed by atoms with Crippen molar-refractivity contribution in [1.29, 1.82) is 0 Å². The summed E-state index contributed by atoms with van der Waals surface area (Å²) in [6.45, 7) is 0. The van der Waals surface area contributed by atoms with Gasteiger partial charge in [-0.3, -0.25) is 9.36 Å². The molecular formula is C18H18N4OS. The van der Waals surface area contributed by atoms with E-state index in [9.17, 15) is 4.79 Å². The fourth-order valence-electron chi connectivity index (χ4n) is 3.50. The van der Waals surface area contributed by atoms with Gasteiger partial charge in [-0.1, -0.05) is 30.0 Å². The van der Waals surface area contributed by atoms with Crippen molar-refractivity contribution in [2.75, 3.05) is 0 Å². The second-order valence-corrected chi connectivity index (χ2v) is 7.79. The summed E-state index contributed by atoms with van der Waals surface area (Å²) in [6.07, 6.45) is 7.03. The molecule has 2 aliphatic carbocycles. The van der Waals surface area contributed by atoms with Crippen LogP contribution in [-0.4, -0.2) is 30.8 Å². The molecule has 0 spiro atoms. The van der Waals surface area contributed by atoms with Gasteiger partial charge in [-0.15, -0.1) is 10.2 Å². The SMILES string of the molecule is O=C1CCCC1Sc1nnc(-c2c[nH]c3ccccc23)n1C1CC1. The minimum absolute atomic E-state index is 0.0579. The molecule has 2 aromatic heterocycles. The van der Waals surface area contributed by atoms with Crippen LogP contribution in [0.4, 0.5) is 0 Å². The number of fused-ring (bicyclic) bond motifs is 1. The normalized spacial score (nSPS) is 21.0. The second-order valence-electron chi connectivity index (χ2n) is 6.62. The number of H-pyrrole nitrogens is 1. The number of hydrogen-bond donors (Lipinski definition) is 1. The molecule has 2 saturated carbocycles. The number of benzene rings is 1. The van der Waals surface area contributed by atoms with Gasteiger partial charge in [0.25, 0.3) is 0 Å². The molecule has 0 aliphatic heterocycles. The number of Topliss-reactive ketones (excluding diaryl/α,β-unsaturated/α-hetero) is 1. The Morgan fingerprint density at radius 2 is 2.04 bits per heavy atom. The highest BCUT2D eigenvalue weighted by Gasteiger charge is 2.34. The Morgan fingerprint density at radius 1 is 1.17 bits per heavy atom. The van der Waals surface area contributed by atoms with Crippen molar-refractivity contribution >= 4 is 28.4 Å². The van der Waals surface area contributed by atoms with Crippen molar-refractivity contribution in [2.45, 2.75) is 48.6 Å². The molecule has 0 radical (unpaired) electrons. The highest BCUT2D eigenvalue weighted by atomic mass is 32.2. The number of ketones is 1. The molecule has 1 aromatic carbocycles. The molecule has 0 bridgehead atoms. The molecule has 1 unspecified atom stereocenters. The van der Waals surface area contributed by atoms with E-state index in [-0.39, 0.29) is 5.25 Å². The van der Waals surface area contributed by atoms with Crippen molar-refractivity contribution in [3.63, 3.8) is 0 Å². The maximum absolute atomic E-state index is 12.0. The Balaban J connectivity index is 1.58. The Labute approximate surface area is 143 Å². The van der Waals surface area contributed by atoms with E-state index in [4.69, 9.17) is 0 Å². The maximum Gasteiger partial charge on any atom is 0.192 e. The molecule has 2 fully saturated rings. The summed E-state index contributed by atoms with van der Waals surface area (Å²) in [5.74, 6) is 1.28. The highest BCUT2D eigenvalue weighted by Crippen LogP contribution is 2.43. The first kappa shape index (κ1) is 14.3. The average molecular weight is 338 g/mol. The number of hydrogen-bond acceptors (Lipinski definition) is 4. The fourth-order valence-corrected chi connectivity index (χ4v) is 4.72. The number of para-hydroxylation sites is 1. The Bertz CT molecular complexity index is 924. The van der Waals surface area contributed by atoms with E-state index in [2.05, 4.69) is 31.9 Å². The molecule has 122 valence electrons. The molecule has 5 nitrogen and oxygen atoms in total. The highest BCUT2D eigenvalue weighted by molar-refractivity contribution is 8.00. The average Bonchev–Trinajstić information content (AvgIpc) is 3.02. The Hall–Kier alpha value is -2.08. The van der Waals surface area contributed by atoms with E-state index >= 15 is 0 Å². The summed E-state index contributed by atoms with van der Waals surface area (Å²) in [6, 6.07) is 8.73. The van der Waals surface area contributed by atoms with E-state index in [0.717, 1.165) is 34.9 Å². The molecule has 0 saturated heterocycles. The maximum atomic E-state index is 12.0. The Kier molecular flexibility index (Phi) is 3.26. The lowest BCUT2D eigenvalue weighted by Gasteiger charge is -2.10. The lowest BCUT2D eigenvalue weighted by Crippen LogP contribution is -2.10. The van der Waals surface area contributed by atoms with Crippen LogP contribution in [0.3, 0.4) is 0 Å². The van der Waals surface area contributed by atoms with Crippen LogP contribution in [0.2, 0.25) is 0 Å². The zero-order chi connectivity index (χ0) is 16.1. The van der Waals surface area contributed by atoms with Gasteiger partial charge in [0.1, 0.15) is 5.78 Å². The third-order valence-electron chi connectivity index (χ3n) is 4.90. The third-order valence-corrected chi connectivity index (χ3v) is 6.18. The zero-order valence-electron chi connectivity index (χ0n) is 13.2. The van der Waals surface area contributed by atoms with Crippen LogP contribution in [0.25, 0.3) is 22.3 Å². The molecule has 6 heteroatoms. The molecule has 5 rings (SSSR count). The van der Waals surface area contributed by atoms with Crippen molar-refractivity contribution in [2.24, 2.45) is 0 Å². The Morgan fingerprint density at radius 3 is 2.83 bits per heavy atom. The van der Waals surface area contributed by atoms with Crippen molar-refractivity contribution in [3.05, 3.63) is 30.5 Å². The smallest absolute Gasteiger partial charge is 0.192 e. The van der Waals surface area contributed by atoms with Crippen molar-refractivity contribution in [1.82, 2.24) is 19.7 Å². The summed E-state index contributed by atoms with van der Waals surface area (Å²) < 4.78 is 2.26. The number of carbonyl (C=O) groups excluding carboxylic acids is 1. The lowest BCUT2D eigenvalue weighted by molar-refractivity contribution is -0.116. The number of carbonyl (C=O) groups is 1. The van der Waals surface area contributed by atoms with Gasteiger partial charge in [0, 0.05) is 35.1 Å². The zero-order valence-corrected chi connectivity index (χ0v) is 14.1. The molecule has 1 atom stereocenters. The summed E-state index contributed by atoms with van der Waals surface area (Å²) >= 11 is 1.61. The van der Waals surface area contributed by atoms with Crippen LogP contribution in [0.15, 0.2) is 35.6 Å². The fraction of sp³-hybridized carbons (Fsp3) is 0.389. The topological polar surface area (TPSA) is 63.6 Å². The van der Waals surface area contributed by atoms with Gasteiger partial charge in [0.15, 0.2) is 11.0 Å². The molecule has 1 N–H and O–H groups in total. The van der Waals surface area contributed by atoms with Gasteiger partial charge < -0.3 is 4.98 Å². The minimum atomic E-state index is 0.0579. The number of nitrogens with zero attached hydrogens (tertiary/aromatic N) is 3. The number of rotatable bonds is 4. The van der Waals surface area contributed by atoms with Crippen LogP contribution in [0.5, 0.6) is 0 Å². The van der Waals surface area contributed by atoms with E-state index < -0.39 is 0 Å². The molecular weight excluding hydrogens is 320 g/mol. The van der Waals surface area contributed by atoms with E-state index in [1.165, 1.54) is 18.2 Å². The van der Waals surface area contributed by atoms with Crippen LogP contribution in [0, 0.1) is 0 Å². The molecule has 3 aromatic rings. The van der Waals surface area contributed by atoms with Gasteiger partial charge in [0.2, 0.25) is 0 Å². The molecule has 0 amide bonds. The van der Waals surface area contributed by atoms with Crippen LogP contribution < -0.4 is 0 Å². The monoisotopic (exact) mass is 338 g/mol. The standard InChI is InChI=1S/C18H18N4OS/c23-15-6-3-7-16(15)24-18-21-20-17(22(18)11-8-9-11)13-10-19-14-5-2-1-4-12(13)14/h1-2,4-5,10-11,16,19H,3,6-9H2. The largest absolute Gasteiger partial charge is 0.360 e. The molecule has 2 heterocycles. The number of nitrogens with one attached hydrogen (secondary N) is 1. The van der Waals surface area contributed by atoms with Crippen LogP contribution >= 0.6 is 11.8 Å². The minimum Gasteiger partial charge on any atom is -0.360 e. The van der Waals surface area contributed by atoms with Gasteiger partial charge in [-0.05, 0) is 31.7 Å². The van der Waals surface area contributed by atoms with Crippen molar-refractivity contribution in [3.8, 4) is 11.4 Å². The summed E-state index contributed by atoms with van der Waals surface area (Å²) in [4.78, 5) is 15.3. The van der Waals surface area contributed by atoms with Gasteiger partial charge in [0.05, 0.1) is 5.25 Å². The first-order valence-corrected chi connectivity index (χ1v) is 9.40. The van der Waals surface area contributed by atoms with Crippen molar-refractivity contribution < 1.29 is 4.79 Å². The molecule has 2 aliphatic rings. The summed E-state index contributed by atoms with van der Waals surface area (Å²) in [5, 5.41) is 11.1. The van der Waals surface area contributed by atoms with Gasteiger partial charge in [-0.2, -0.15) is 0 Å². The second kappa shape index (κ2) is 5.48. The predicted molar refractivity (Wildman–Crippen MR) is 94.1 cm³/mol. The van der Waals surface area contributed by atoms with E-state index in [0.29, 0.717) is 18.2 Å². The number of aromatic nitrogens is 4. The van der Waals surface area contributed by atoms with E-state index in [1.807, 2.05) is 18.3 Å². The van der Waals surface area contributed by atoms with Crippen LogP contribution in [0.1, 0.15) is 38.1 Å². The predicted octanol–water partition coefficient (Wildman–Crippen LogP) is 3.98. The van der Waals surface area contributed by atoms with Crippen LogP contribution in [-0.2, 0) is 4.79 Å². The summed E-state index contributed by atoms with van der Waals surface area (Å²) in [5.41, 5.74) is 2.20.